The maximum atomic E-state index is 11.8. The van der Waals surface area contributed by atoms with Gasteiger partial charge in [0, 0.05) is 27.3 Å². The Hall–Kier alpha value is -2.60. The number of nitrogens with one attached hydrogen (secondary N) is 1. The summed E-state index contributed by atoms with van der Waals surface area (Å²) in [6.07, 6.45) is 0. The van der Waals surface area contributed by atoms with Crippen molar-refractivity contribution in [2.75, 3.05) is 0 Å². The van der Waals surface area contributed by atoms with Crippen LogP contribution < -0.4 is 5.56 Å². The van der Waals surface area contributed by atoms with Gasteiger partial charge < -0.3 is 4.98 Å². The number of nitro groups is 1. The summed E-state index contributed by atoms with van der Waals surface area (Å²) in [5, 5.41) is 11.8. The lowest BCUT2D eigenvalue weighted by atomic mass is 10.2. The summed E-state index contributed by atoms with van der Waals surface area (Å²) in [5.74, 6) is 0. The second-order valence-corrected chi connectivity index (χ2v) is 5.99. The molecule has 3 rings (SSSR count). The van der Waals surface area contributed by atoms with Crippen LogP contribution in [-0.4, -0.2) is 9.91 Å². The van der Waals surface area contributed by atoms with Crippen LogP contribution in [0.15, 0.2) is 63.1 Å². The Morgan fingerprint density at radius 3 is 2.55 bits per heavy atom. The van der Waals surface area contributed by atoms with Crippen LogP contribution in [0.2, 0.25) is 0 Å². The highest BCUT2D eigenvalue weighted by molar-refractivity contribution is 7.99. The summed E-state index contributed by atoms with van der Waals surface area (Å²) in [7, 11) is 0. The Morgan fingerprint density at radius 1 is 1.14 bits per heavy atom. The van der Waals surface area contributed by atoms with Gasteiger partial charge in [-0.05, 0) is 19.1 Å². The normalized spacial score (nSPS) is 10.8. The first kappa shape index (κ1) is 14.3. The van der Waals surface area contributed by atoms with Gasteiger partial charge in [-0.15, -0.1) is 0 Å². The van der Waals surface area contributed by atoms with Crippen LogP contribution in [0.25, 0.3) is 10.9 Å². The van der Waals surface area contributed by atoms with E-state index >= 15 is 0 Å². The SMILES string of the molecule is Cc1ccc(Sc2cc(=O)[nH]c3c([N+](=O)[O-])cccc23)cc1. The Kier molecular flexibility index (Phi) is 3.68. The zero-order valence-electron chi connectivity index (χ0n) is 11.7. The van der Waals surface area contributed by atoms with E-state index < -0.39 is 4.92 Å². The standard InChI is InChI=1S/C16H12N2O3S/c1-10-5-7-11(8-6-10)22-14-9-15(19)17-16-12(14)3-2-4-13(16)18(20)21/h2-9H,1H3,(H,17,19). The first-order chi connectivity index (χ1) is 10.5. The number of aromatic nitrogens is 1. The summed E-state index contributed by atoms with van der Waals surface area (Å²) in [4.78, 5) is 26.7. The van der Waals surface area contributed by atoms with Crippen LogP contribution in [0.4, 0.5) is 5.69 Å². The molecule has 0 bridgehead atoms. The molecule has 1 N–H and O–H groups in total. The number of aryl methyl sites for hydroxylation is 1. The van der Waals surface area contributed by atoms with Crippen molar-refractivity contribution in [3.05, 3.63) is 74.6 Å². The van der Waals surface area contributed by atoms with E-state index in [2.05, 4.69) is 4.98 Å². The van der Waals surface area contributed by atoms with E-state index in [9.17, 15) is 14.9 Å². The molecule has 0 unspecified atom stereocenters. The van der Waals surface area contributed by atoms with Crippen molar-refractivity contribution in [2.45, 2.75) is 16.7 Å². The van der Waals surface area contributed by atoms with Gasteiger partial charge >= 0.3 is 0 Å². The number of benzene rings is 2. The molecule has 0 fully saturated rings. The van der Waals surface area contributed by atoms with Gasteiger partial charge in [0.05, 0.1) is 4.92 Å². The minimum atomic E-state index is -0.488. The van der Waals surface area contributed by atoms with Crippen molar-refractivity contribution in [3.8, 4) is 0 Å². The molecule has 0 spiro atoms. The Labute approximate surface area is 130 Å². The lowest BCUT2D eigenvalue weighted by Crippen LogP contribution is -2.06. The van der Waals surface area contributed by atoms with Crippen LogP contribution in [-0.2, 0) is 0 Å². The first-order valence-corrected chi connectivity index (χ1v) is 7.41. The molecule has 3 aromatic rings. The summed E-state index contributed by atoms with van der Waals surface area (Å²) in [6, 6.07) is 14.1. The molecule has 110 valence electrons. The molecule has 0 saturated heterocycles. The van der Waals surface area contributed by atoms with Crippen LogP contribution >= 0.6 is 11.8 Å². The van der Waals surface area contributed by atoms with Crippen LogP contribution in [0.5, 0.6) is 0 Å². The number of para-hydroxylation sites is 1. The molecule has 6 heteroatoms. The van der Waals surface area contributed by atoms with Crippen molar-refractivity contribution in [1.82, 2.24) is 4.98 Å². The van der Waals surface area contributed by atoms with Crippen LogP contribution in [0, 0.1) is 17.0 Å². The molecule has 1 aromatic heterocycles. The van der Waals surface area contributed by atoms with Gasteiger partial charge in [0.15, 0.2) is 0 Å². The molecule has 0 atom stereocenters. The number of hydrogen-bond donors (Lipinski definition) is 1. The summed E-state index contributed by atoms with van der Waals surface area (Å²) in [5.41, 5.74) is 0.961. The van der Waals surface area contributed by atoms with Gasteiger partial charge in [0.1, 0.15) is 5.52 Å². The van der Waals surface area contributed by atoms with Crippen molar-refractivity contribution in [3.63, 3.8) is 0 Å². The number of pyridine rings is 1. The molecule has 0 aliphatic carbocycles. The van der Waals surface area contributed by atoms with Gasteiger partial charge in [-0.3, -0.25) is 14.9 Å². The van der Waals surface area contributed by atoms with Gasteiger partial charge in [-0.1, -0.05) is 41.6 Å². The number of nitro benzene ring substituents is 1. The number of non-ortho nitro benzene ring substituents is 1. The molecular weight excluding hydrogens is 300 g/mol. The van der Waals surface area contributed by atoms with Crippen LogP contribution in [0.1, 0.15) is 5.56 Å². The fraction of sp³-hybridized carbons (Fsp3) is 0.0625. The zero-order chi connectivity index (χ0) is 15.7. The van der Waals surface area contributed by atoms with Crippen LogP contribution in [0.3, 0.4) is 0 Å². The van der Waals surface area contributed by atoms with Gasteiger partial charge in [-0.25, -0.2) is 0 Å². The summed E-state index contributed by atoms with van der Waals surface area (Å²) < 4.78 is 0. The van der Waals surface area contributed by atoms with E-state index in [-0.39, 0.29) is 16.8 Å². The minimum absolute atomic E-state index is 0.0963. The van der Waals surface area contributed by atoms with Gasteiger partial charge in [0.2, 0.25) is 5.56 Å². The average Bonchev–Trinajstić information content (AvgIpc) is 2.48. The molecule has 22 heavy (non-hydrogen) atoms. The van der Waals surface area contributed by atoms with Crippen molar-refractivity contribution < 1.29 is 4.92 Å². The molecule has 2 aromatic carbocycles. The molecule has 0 radical (unpaired) electrons. The molecule has 5 nitrogen and oxygen atoms in total. The maximum absolute atomic E-state index is 11.8. The molecule has 0 amide bonds. The largest absolute Gasteiger partial charge is 0.316 e. The third-order valence-corrected chi connectivity index (χ3v) is 4.33. The number of rotatable bonds is 3. The number of nitrogens with zero attached hydrogens (tertiary/aromatic N) is 1. The minimum Gasteiger partial charge on any atom is -0.316 e. The van der Waals surface area contributed by atoms with Crippen molar-refractivity contribution in [2.24, 2.45) is 0 Å². The van der Waals surface area contributed by atoms with E-state index in [0.717, 1.165) is 10.5 Å². The molecule has 0 aliphatic heterocycles. The second kappa shape index (κ2) is 5.65. The van der Waals surface area contributed by atoms with Gasteiger partial charge in [-0.2, -0.15) is 0 Å². The van der Waals surface area contributed by atoms with E-state index in [1.807, 2.05) is 31.2 Å². The highest BCUT2D eigenvalue weighted by atomic mass is 32.2. The van der Waals surface area contributed by atoms with E-state index in [1.165, 1.54) is 23.9 Å². The summed E-state index contributed by atoms with van der Waals surface area (Å²) >= 11 is 1.42. The highest BCUT2D eigenvalue weighted by Gasteiger charge is 2.15. The molecule has 1 heterocycles. The van der Waals surface area contributed by atoms with E-state index in [0.29, 0.717) is 10.3 Å². The number of H-pyrrole nitrogens is 1. The summed E-state index contributed by atoms with van der Waals surface area (Å²) in [6.45, 7) is 2.00. The lowest BCUT2D eigenvalue weighted by Gasteiger charge is -2.06. The average molecular weight is 312 g/mol. The Bertz CT molecular complexity index is 917. The molecular formula is C16H12N2O3S. The topological polar surface area (TPSA) is 76.0 Å². The Morgan fingerprint density at radius 2 is 1.86 bits per heavy atom. The van der Waals surface area contributed by atoms with Crippen molar-refractivity contribution >= 4 is 28.4 Å². The van der Waals surface area contributed by atoms with Gasteiger partial charge in [0.25, 0.3) is 5.69 Å². The van der Waals surface area contributed by atoms with Crippen molar-refractivity contribution in [1.29, 1.82) is 0 Å². The quantitative estimate of drug-likeness (QED) is 0.588. The van der Waals surface area contributed by atoms with E-state index in [4.69, 9.17) is 0 Å². The monoisotopic (exact) mass is 312 g/mol. The zero-order valence-corrected chi connectivity index (χ0v) is 12.5. The predicted molar refractivity (Wildman–Crippen MR) is 86.5 cm³/mol. The lowest BCUT2D eigenvalue weighted by molar-refractivity contribution is -0.383. The third kappa shape index (κ3) is 2.73. The third-order valence-electron chi connectivity index (χ3n) is 3.26. The number of aromatic amines is 1. The number of fused-ring (bicyclic) bond motifs is 1. The number of hydrogen-bond acceptors (Lipinski definition) is 4. The molecule has 0 aliphatic rings. The molecule has 0 saturated carbocycles. The fourth-order valence-electron chi connectivity index (χ4n) is 2.20. The predicted octanol–water partition coefficient (Wildman–Crippen LogP) is 3.90. The maximum Gasteiger partial charge on any atom is 0.293 e. The Balaban J connectivity index is 2.17. The fourth-order valence-corrected chi connectivity index (χ4v) is 3.17. The first-order valence-electron chi connectivity index (χ1n) is 6.59. The highest BCUT2D eigenvalue weighted by Crippen LogP contribution is 2.34. The second-order valence-electron chi connectivity index (χ2n) is 4.87. The smallest absolute Gasteiger partial charge is 0.293 e. The van der Waals surface area contributed by atoms with E-state index in [1.54, 1.807) is 12.1 Å².